The van der Waals surface area contributed by atoms with Gasteiger partial charge in [0.15, 0.2) is 0 Å². The highest BCUT2D eigenvalue weighted by molar-refractivity contribution is 8.29. The van der Waals surface area contributed by atoms with Gasteiger partial charge in [0, 0.05) is 38.1 Å². The largest absolute Gasteiger partial charge is 0.506 e. The van der Waals surface area contributed by atoms with Gasteiger partial charge >= 0.3 is 0 Å². The van der Waals surface area contributed by atoms with Crippen LogP contribution in [0.5, 0.6) is 11.5 Å². The van der Waals surface area contributed by atoms with Crippen LogP contribution >= 0.6 is 48.0 Å². The quantitative estimate of drug-likeness (QED) is 0.0411. The molecule has 0 bridgehead atoms. The first kappa shape index (κ1) is 38.1. The highest BCUT2D eigenvalue weighted by atomic mass is 32.2. The van der Waals surface area contributed by atoms with Crippen LogP contribution < -0.4 is 10.6 Å². The molecule has 4 N–H and O–H groups in total. The summed E-state index contributed by atoms with van der Waals surface area (Å²) >= 11 is 12.9. The van der Waals surface area contributed by atoms with Crippen LogP contribution in [0.15, 0.2) is 46.2 Å². The van der Waals surface area contributed by atoms with Crippen molar-refractivity contribution in [1.82, 2.24) is 9.80 Å². The lowest BCUT2D eigenvalue weighted by molar-refractivity contribution is -0.385. The van der Waals surface area contributed by atoms with Crippen LogP contribution in [0, 0.1) is 20.2 Å². The summed E-state index contributed by atoms with van der Waals surface area (Å²) in [6.45, 7) is 0.577. The van der Waals surface area contributed by atoms with Gasteiger partial charge in [-0.2, -0.15) is 0 Å². The van der Waals surface area contributed by atoms with Gasteiger partial charge in [-0.25, -0.2) is 0 Å². The molecule has 2 heterocycles. The van der Waals surface area contributed by atoms with Crippen molar-refractivity contribution in [2.45, 2.75) is 51.4 Å². The lowest BCUT2D eigenvalue weighted by Crippen LogP contribution is -2.31. The number of phenolic OH excluding ortho intramolecular Hbond substituents is 2. The van der Waals surface area contributed by atoms with E-state index in [9.17, 15) is 49.6 Å². The topological polar surface area (TPSA) is 226 Å². The Hall–Kier alpha value is -4.66. The van der Waals surface area contributed by atoms with E-state index in [4.69, 9.17) is 24.4 Å². The molecule has 20 heteroatoms. The smallest absolute Gasteiger partial charge is 0.273 e. The maximum Gasteiger partial charge on any atom is 0.273 e. The normalized spacial score (nSPS) is 15.9. The number of thiocarbonyl (C=S) groups is 2. The molecule has 50 heavy (non-hydrogen) atoms. The molecule has 2 aliphatic rings. The number of unbranched alkanes of at least 4 members (excludes halogenated alkanes) is 4. The summed E-state index contributed by atoms with van der Waals surface area (Å²) in [6, 6.07) is 6.74. The number of hydrogen-bond donors (Lipinski definition) is 4. The van der Waals surface area contributed by atoms with Crippen molar-refractivity contribution in [2.24, 2.45) is 0 Å². The Kier molecular flexibility index (Phi) is 13.2. The average Bonchev–Trinajstić information content (AvgIpc) is 3.50. The fraction of sp³-hybridized carbons (Fsp3) is 0.333. The van der Waals surface area contributed by atoms with Crippen molar-refractivity contribution in [1.29, 1.82) is 0 Å². The average molecular weight is 763 g/mol. The van der Waals surface area contributed by atoms with E-state index in [0.29, 0.717) is 47.2 Å². The number of thioether (sulfide) groups is 2. The number of hydrogen-bond acceptors (Lipinski definition) is 14. The van der Waals surface area contributed by atoms with E-state index in [-0.39, 0.29) is 70.3 Å². The molecule has 2 aromatic rings. The highest BCUT2D eigenvalue weighted by Crippen LogP contribution is 2.42. The zero-order chi connectivity index (χ0) is 36.5. The van der Waals surface area contributed by atoms with E-state index in [0.717, 1.165) is 35.7 Å². The SMILES string of the molecule is O=C(CCCCCN1C(=O)C(=C2SC(=S)N(CCCCCC(=O)Nc3ccc([N+](=O)[O-])cc3O)C2=O)SC1=S)Nc1ccc([N+](=O)[O-])cc1O. The Balaban J connectivity index is 1.17. The van der Waals surface area contributed by atoms with Crippen molar-refractivity contribution < 1.29 is 39.2 Å². The molecule has 0 aliphatic carbocycles. The van der Waals surface area contributed by atoms with Gasteiger partial charge in [0.25, 0.3) is 23.2 Å². The summed E-state index contributed by atoms with van der Waals surface area (Å²) in [7, 11) is 0. The van der Waals surface area contributed by atoms with Gasteiger partial charge in [-0.3, -0.25) is 49.2 Å². The molecule has 0 spiro atoms. The molecule has 2 aliphatic heterocycles. The molecule has 0 aromatic heterocycles. The Labute approximate surface area is 303 Å². The summed E-state index contributed by atoms with van der Waals surface area (Å²) in [5.74, 6) is -2.37. The number of non-ortho nitro benzene ring substituents is 2. The molecule has 0 atom stereocenters. The highest BCUT2D eigenvalue weighted by Gasteiger charge is 2.41. The summed E-state index contributed by atoms with van der Waals surface area (Å²) in [5.41, 5.74) is -0.478. The van der Waals surface area contributed by atoms with Gasteiger partial charge in [0.1, 0.15) is 20.1 Å². The fourth-order valence-corrected chi connectivity index (χ4v) is 7.60. The molecular formula is C30H30N6O10S4. The standard InChI is InChI=1S/C30H30N6O10S4/c37-21-15-17(35(43)44)9-11-19(21)31-23(39)7-3-1-5-13-33-27(41)25(49-29(33)47)26-28(42)34(30(48)50-26)14-6-2-4-8-24(40)32-20-12-10-18(36(45)46)16-22(20)38/h9-12,15-16,37-38H,1-8,13-14H2,(H,31,39)(H,32,40). The first-order valence-corrected chi connectivity index (χ1v) is 17.6. The van der Waals surface area contributed by atoms with Crippen LogP contribution in [0.1, 0.15) is 51.4 Å². The molecular weight excluding hydrogens is 733 g/mol. The second kappa shape index (κ2) is 17.3. The third-order valence-corrected chi connectivity index (χ3v) is 10.4. The van der Waals surface area contributed by atoms with Crippen molar-refractivity contribution in [3.05, 3.63) is 66.4 Å². The number of amides is 4. The number of nitro groups is 2. The Morgan fingerprint density at radius 2 is 1.06 bits per heavy atom. The van der Waals surface area contributed by atoms with Gasteiger partial charge in [-0.1, -0.05) is 60.8 Å². The zero-order valence-electron chi connectivity index (χ0n) is 26.1. The van der Waals surface area contributed by atoms with Gasteiger partial charge in [-0.05, 0) is 37.8 Å². The first-order chi connectivity index (χ1) is 23.8. The van der Waals surface area contributed by atoms with Crippen LogP contribution in [0.25, 0.3) is 0 Å². The molecule has 2 saturated heterocycles. The predicted molar refractivity (Wildman–Crippen MR) is 195 cm³/mol. The van der Waals surface area contributed by atoms with Crippen molar-refractivity contribution in [3.8, 4) is 11.5 Å². The number of nitrogens with zero attached hydrogens (tertiary/aromatic N) is 4. The van der Waals surface area contributed by atoms with Gasteiger partial charge in [0.05, 0.1) is 43.2 Å². The van der Waals surface area contributed by atoms with Crippen molar-refractivity contribution in [3.63, 3.8) is 0 Å². The van der Waals surface area contributed by atoms with E-state index in [1.54, 1.807) is 0 Å². The molecule has 264 valence electrons. The second-order valence-electron chi connectivity index (χ2n) is 10.9. The molecule has 0 unspecified atom stereocenters. The number of carbonyl (C=O) groups is 4. The fourth-order valence-electron chi connectivity index (χ4n) is 4.82. The van der Waals surface area contributed by atoms with E-state index < -0.39 is 33.2 Å². The van der Waals surface area contributed by atoms with E-state index >= 15 is 0 Å². The number of anilines is 2. The van der Waals surface area contributed by atoms with Crippen LogP contribution in [-0.2, 0) is 19.2 Å². The minimum atomic E-state index is -0.658. The lowest BCUT2D eigenvalue weighted by Gasteiger charge is -2.14. The third kappa shape index (κ3) is 9.73. The molecule has 2 aromatic carbocycles. The Bertz CT molecular complexity index is 1680. The number of phenols is 2. The maximum absolute atomic E-state index is 13.2. The maximum atomic E-state index is 13.2. The molecule has 0 radical (unpaired) electrons. The summed E-state index contributed by atoms with van der Waals surface area (Å²) in [4.78, 5) is 74.5. The predicted octanol–water partition coefficient (Wildman–Crippen LogP) is 5.54. The molecule has 0 saturated carbocycles. The molecule has 4 amide bonds. The summed E-state index contributed by atoms with van der Waals surface area (Å²) in [5, 5.41) is 46.5. The number of benzene rings is 2. The van der Waals surface area contributed by atoms with E-state index in [1.807, 2.05) is 0 Å². The minimum absolute atomic E-state index is 0.0638. The van der Waals surface area contributed by atoms with Gasteiger partial charge in [0.2, 0.25) is 11.8 Å². The van der Waals surface area contributed by atoms with Gasteiger partial charge in [-0.15, -0.1) is 0 Å². The van der Waals surface area contributed by atoms with E-state index in [1.165, 1.54) is 34.1 Å². The molecule has 16 nitrogen and oxygen atoms in total. The van der Waals surface area contributed by atoms with Gasteiger partial charge < -0.3 is 20.8 Å². The first-order valence-electron chi connectivity index (χ1n) is 15.1. The number of aromatic hydroxyl groups is 2. The zero-order valence-corrected chi connectivity index (χ0v) is 29.4. The Morgan fingerprint density at radius 3 is 1.40 bits per heavy atom. The summed E-state index contributed by atoms with van der Waals surface area (Å²) < 4.78 is 0.615. The number of carbonyl (C=O) groups excluding carboxylic acids is 4. The third-order valence-electron chi connectivity index (χ3n) is 7.41. The van der Waals surface area contributed by atoms with Crippen LogP contribution in [0.2, 0.25) is 0 Å². The lowest BCUT2D eigenvalue weighted by atomic mass is 10.1. The van der Waals surface area contributed by atoms with Crippen molar-refractivity contribution >= 4 is 103 Å². The van der Waals surface area contributed by atoms with E-state index in [2.05, 4.69) is 10.6 Å². The van der Waals surface area contributed by atoms with Crippen LogP contribution in [0.3, 0.4) is 0 Å². The number of nitro benzene ring substituents is 2. The molecule has 2 fully saturated rings. The number of nitrogens with one attached hydrogen (secondary N) is 2. The number of rotatable bonds is 16. The molecule has 4 rings (SSSR count). The van der Waals surface area contributed by atoms with Crippen LogP contribution in [0.4, 0.5) is 22.7 Å². The Morgan fingerprint density at radius 1 is 0.680 bits per heavy atom. The van der Waals surface area contributed by atoms with Crippen molar-refractivity contribution in [2.75, 3.05) is 23.7 Å². The minimum Gasteiger partial charge on any atom is -0.506 e. The summed E-state index contributed by atoms with van der Waals surface area (Å²) in [6.07, 6.45) is 3.41. The monoisotopic (exact) mass is 762 g/mol. The second-order valence-corrected chi connectivity index (χ2v) is 14.2. The van der Waals surface area contributed by atoms with Crippen LogP contribution in [-0.4, -0.2) is 75.2 Å².